The Bertz CT molecular complexity index is 1640. The van der Waals surface area contributed by atoms with E-state index >= 15 is 0 Å². The molecule has 0 saturated carbocycles. The van der Waals surface area contributed by atoms with Crippen LogP contribution in [0.25, 0.3) is 22.2 Å². The molecule has 0 amide bonds. The van der Waals surface area contributed by atoms with E-state index in [0.29, 0.717) is 63.4 Å². The SMILES string of the molecule is CCOC(=O)c1cccc(Nc2cc(N3CCC[C@H](C(=O)OCC)C3)c3noc4c3c2C(=O)c2ccccc2-4)c1. The first-order valence-corrected chi connectivity index (χ1v) is 13.6. The number of nitrogens with zero attached hydrogens (tertiary/aromatic N) is 2. The maximum Gasteiger partial charge on any atom is 0.338 e. The minimum atomic E-state index is -0.423. The first-order valence-electron chi connectivity index (χ1n) is 13.6. The number of aromatic nitrogens is 1. The van der Waals surface area contributed by atoms with Crippen LogP contribution < -0.4 is 10.2 Å². The van der Waals surface area contributed by atoms with Gasteiger partial charge in [0.25, 0.3) is 0 Å². The number of hydrogen-bond acceptors (Lipinski definition) is 9. The molecule has 0 bridgehead atoms. The van der Waals surface area contributed by atoms with Crippen molar-refractivity contribution >= 4 is 45.7 Å². The van der Waals surface area contributed by atoms with Gasteiger partial charge in [0.05, 0.1) is 47.0 Å². The molecule has 1 aromatic heterocycles. The van der Waals surface area contributed by atoms with E-state index in [4.69, 9.17) is 14.0 Å². The van der Waals surface area contributed by atoms with Gasteiger partial charge in [0.2, 0.25) is 0 Å². The molecule has 0 spiro atoms. The molecule has 2 aliphatic rings. The third-order valence-electron chi connectivity index (χ3n) is 7.41. The maximum absolute atomic E-state index is 13.9. The van der Waals surface area contributed by atoms with Crippen LogP contribution in [0, 0.1) is 5.92 Å². The van der Waals surface area contributed by atoms with Crippen LogP contribution in [0.1, 0.15) is 53.0 Å². The van der Waals surface area contributed by atoms with Gasteiger partial charge in [0, 0.05) is 29.9 Å². The van der Waals surface area contributed by atoms with E-state index in [2.05, 4.69) is 15.4 Å². The number of anilines is 3. The monoisotopic (exact) mass is 539 g/mol. The zero-order chi connectivity index (χ0) is 27.8. The maximum atomic E-state index is 13.9. The molecule has 1 saturated heterocycles. The summed E-state index contributed by atoms with van der Waals surface area (Å²) in [6.07, 6.45) is 1.56. The highest BCUT2D eigenvalue weighted by atomic mass is 16.5. The molecular formula is C31H29N3O6. The van der Waals surface area contributed by atoms with Crippen molar-refractivity contribution in [1.82, 2.24) is 5.16 Å². The minimum absolute atomic E-state index is 0.144. The molecule has 9 heteroatoms. The third kappa shape index (κ3) is 4.37. The van der Waals surface area contributed by atoms with Gasteiger partial charge in [0.1, 0.15) is 5.52 Å². The Morgan fingerprint density at radius 2 is 1.85 bits per heavy atom. The van der Waals surface area contributed by atoms with Gasteiger partial charge in [-0.15, -0.1) is 0 Å². The number of fused-ring (bicyclic) bond motifs is 2. The molecule has 4 aromatic rings. The summed E-state index contributed by atoms with van der Waals surface area (Å²) in [6.45, 7) is 5.36. The normalized spacial score (nSPS) is 16.0. The number of nitrogens with one attached hydrogen (secondary N) is 1. The molecular weight excluding hydrogens is 510 g/mol. The second-order valence-corrected chi connectivity index (χ2v) is 9.89. The summed E-state index contributed by atoms with van der Waals surface area (Å²) in [5, 5.41) is 8.45. The van der Waals surface area contributed by atoms with Crippen molar-refractivity contribution in [3.05, 3.63) is 71.3 Å². The van der Waals surface area contributed by atoms with Crippen molar-refractivity contribution in [3.63, 3.8) is 0 Å². The van der Waals surface area contributed by atoms with Gasteiger partial charge >= 0.3 is 11.9 Å². The molecule has 6 rings (SSSR count). The summed E-state index contributed by atoms with van der Waals surface area (Å²) < 4.78 is 16.4. The van der Waals surface area contributed by atoms with Crippen LogP contribution in [-0.2, 0) is 14.3 Å². The molecule has 2 heterocycles. The lowest BCUT2D eigenvalue weighted by atomic mass is 9.86. The Labute approximate surface area is 231 Å². The fourth-order valence-corrected chi connectivity index (χ4v) is 5.62. The topological polar surface area (TPSA) is 111 Å². The molecule has 1 aliphatic carbocycles. The summed E-state index contributed by atoms with van der Waals surface area (Å²) in [7, 11) is 0. The number of carbonyl (C=O) groups is 3. The Morgan fingerprint density at radius 1 is 1.05 bits per heavy atom. The standard InChI is InChI=1S/C31H29N3O6/c1-3-38-30(36)18-9-7-11-20(15-18)32-23-16-24(34-14-8-10-19(17-34)31(37)39-4-2)27-26-25(23)28(35)21-12-5-6-13-22(21)29(26)40-33-27/h5-7,9,11-13,15-16,19,32H,3-4,8,10,14,17H2,1-2H3/t19-/m0/s1. The smallest absolute Gasteiger partial charge is 0.338 e. The van der Waals surface area contributed by atoms with E-state index in [1.54, 1.807) is 38.1 Å². The zero-order valence-electron chi connectivity index (χ0n) is 22.4. The predicted octanol–water partition coefficient (Wildman–Crippen LogP) is 5.74. The van der Waals surface area contributed by atoms with Crippen LogP contribution in [0.3, 0.4) is 0 Å². The van der Waals surface area contributed by atoms with Gasteiger partial charge in [0.15, 0.2) is 11.5 Å². The number of piperidine rings is 1. The van der Waals surface area contributed by atoms with E-state index in [-0.39, 0.29) is 24.3 Å². The van der Waals surface area contributed by atoms with E-state index in [0.717, 1.165) is 25.1 Å². The predicted molar refractivity (Wildman–Crippen MR) is 150 cm³/mol. The molecule has 204 valence electrons. The second-order valence-electron chi connectivity index (χ2n) is 9.89. The Kier molecular flexibility index (Phi) is 6.71. The van der Waals surface area contributed by atoms with Crippen molar-refractivity contribution in [1.29, 1.82) is 0 Å². The average molecular weight is 540 g/mol. The van der Waals surface area contributed by atoms with Crippen LogP contribution >= 0.6 is 0 Å². The molecule has 0 unspecified atom stereocenters. The number of rotatable bonds is 7. The van der Waals surface area contributed by atoms with Gasteiger partial charge in [-0.05, 0) is 51.0 Å². The molecule has 40 heavy (non-hydrogen) atoms. The second kappa shape index (κ2) is 10.5. The number of hydrogen-bond donors (Lipinski definition) is 1. The number of esters is 2. The van der Waals surface area contributed by atoms with Crippen LogP contribution in [-0.4, -0.2) is 49.2 Å². The van der Waals surface area contributed by atoms with E-state index < -0.39 is 5.97 Å². The summed E-state index contributed by atoms with van der Waals surface area (Å²) in [5.41, 5.74) is 4.60. The first kappa shape index (κ1) is 25.6. The van der Waals surface area contributed by atoms with E-state index in [9.17, 15) is 14.4 Å². The fourth-order valence-electron chi connectivity index (χ4n) is 5.62. The Balaban J connectivity index is 1.49. The highest BCUT2D eigenvalue weighted by Gasteiger charge is 2.35. The third-order valence-corrected chi connectivity index (χ3v) is 7.41. The zero-order valence-corrected chi connectivity index (χ0v) is 22.4. The highest BCUT2D eigenvalue weighted by Crippen LogP contribution is 2.46. The summed E-state index contributed by atoms with van der Waals surface area (Å²) in [5.74, 6) is -0.504. The molecule has 3 aromatic carbocycles. The lowest BCUT2D eigenvalue weighted by Crippen LogP contribution is -2.39. The van der Waals surface area contributed by atoms with Crippen LogP contribution in [0.2, 0.25) is 0 Å². The quantitative estimate of drug-likeness (QED) is 0.259. The molecule has 9 nitrogen and oxygen atoms in total. The summed E-state index contributed by atoms with van der Waals surface area (Å²) in [6, 6.07) is 16.2. The number of ether oxygens (including phenoxy) is 2. The number of benzene rings is 3. The number of carbonyl (C=O) groups excluding carboxylic acids is 3. The summed E-state index contributed by atoms with van der Waals surface area (Å²) in [4.78, 5) is 41.0. The van der Waals surface area contributed by atoms with Crippen LogP contribution in [0.4, 0.5) is 17.1 Å². The Hall–Kier alpha value is -4.66. The van der Waals surface area contributed by atoms with Crippen molar-refractivity contribution in [3.8, 4) is 11.3 Å². The Morgan fingerprint density at radius 3 is 2.65 bits per heavy atom. The van der Waals surface area contributed by atoms with Crippen molar-refractivity contribution < 1.29 is 28.4 Å². The van der Waals surface area contributed by atoms with Crippen LogP contribution in [0.15, 0.2) is 59.1 Å². The lowest BCUT2D eigenvalue weighted by molar-refractivity contribution is -0.148. The lowest BCUT2D eigenvalue weighted by Gasteiger charge is -2.34. The van der Waals surface area contributed by atoms with Gasteiger partial charge in [-0.3, -0.25) is 9.59 Å². The molecule has 1 N–H and O–H groups in total. The largest absolute Gasteiger partial charge is 0.466 e. The van der Waals surface area contributed by atoms with E-state index in [1.807, 2.05) is 30.3 Å². The molecule has 0 radical (unpaired) electrons. The first-order chi connectivity index (χ1) is 19.5. The fraction of sp³-hybridized carbons (Fsp3) is 0.290. The van der Waals surface area contributed by atoms with Crippen LogP contribution in [0.5, 0.6) is 0 Å². The molecule has 1 aliphatic heterocycles. The summed E-state index contributed by atoms with van der Waals surface area (Å²) >= 11 is 0. The number of ketones is 1. The van der Waals surface area contributed by atoms with Crippen molar-refractivity contribution in [2.24, 2.45) is 5.92 Å². The van der Waals surface area contributed by atoms with Gasteiger partial charge < -0.3 is 24.2 Å². The molecule has 1 atom stereocenters. The molecule has 1 fully saturated rings. The minimum Gasteiger partial charge on any atom is -0.466 e. The van der Waals surface area contributed by atoms with Gasteiger partial charge in [-0.2, -0.15) is 0 Å². The highest BCUT2D eigenvalue weighted by molar-refractivity contribution is 6.28. The van der Waals surface area contributed by atoms with Crippen molar-refractivity contribution in [2.75, 3.05) is 36.5 Å². The van der Waals surface area contributed by atoms with Crippen molar-refractivity contribution in [2.45, 2.75) is 26.7 Å². The average Bonchev–Trinajstić information content (AvgIpc) is 3.42. The van der Waals surface area contributed by atoms with E-state index in [1.165, 1.54) is 0 Å². The van der Waals surface area contributed by atoms with Gasteiger partial charge in [-0.25, -0.2) is 4.79 Å². The van der Waals surface area contributed by atoms with Gasteiger partial charge in [-0.1, -0.05) is 35.5 Å².